The van der Waals surface area contributed by atoms with Gasteiger partial charge in [0.2, 0.25) is 5.89 Å². The highest BCUT2D eigenvalue weighted by molar-refractivity contribution is 5.24. The van der Waals surface area contributed by atoms with Crippen LogP contribution in [-0.2, 0) is 13.0 Å². The standard InChI is InChI=1S/C12H15N3O/c1-9-4-3-5-10(6-9)7-12-14-11(8-13-2)15-16-12/h3-6,13H,7-8H2,1-2H3. The number of nitrogens with zero attached hydrogens (tertiary/aromatic N) is 2. The lowest BCUT2D eigenvalue weighted by Gasteiger charge is -1.97. The highest BCUT2D eigenvalue weighted by Gasteiger charge is 2.06. The van der Waals surface area contributed by atoms with E-state index in [0.29, 0.717) is 24.7 Å². The summed E-state index contributed by atoms with van der Waals surface area (Å²) >= 11 is 0. The molecule has 2 rings (SSSR count). The number of hydrogen-bond donors (Lipinski definition) is 1. The van der Waals surface area contributed by atoms with Crippen molar-refractivity contribution in [2.24, 2.45) is 0 Å². The van der Waals surface area contributed by atoms with E-state index in [0.717, 1.165) is 0 Å². The van der Waals surface area contributed by atoms with Crippen LogP contribution < -0.4 is 5.32 Å². The third-order valence-electron chi connectivity index (χ3n) is 2.28. The molecule has 0 spiro atoms. The van der Waals surface area contributed by atoms with E-state index >= 15 is 0 Å². The van der Waals surface area contributed by atoms with Gasteiger partial charge in [-0.1, -0.05) is 35.0 Å². The van der Waals surface area contributed by atoms with Gasteiger partial charge < -0.3 is 9.84 Å². The molecule has 1 aromatic carbocycles. The fraction of sp³-hybridized carbons (Fsp3) is 0.333. The minimum Gasteiger partial charge on any atom is -0.339 e. The van der Waals surface area contributed by atoms with Gasteiger partial charge in [0.25, 0.3) is 0 Å². The second-order valence-electron chi connectivity index (χ2n) is 3.80. The Morgan fingerprint density at radius 1 is 1.38 bits per heavy atom. The fourth-order valence-electron chi connectivity index (χ4n) is 1.59. The molecule has 4 heteroatoms. The van der Waals surface area contributed by atoms with Crippen LogP contribution in [0.5, 0.6) is 0 Å². The van der Waals surface area contributed by atoms with E-state index in [2.05, 4.69) is 40.6 Å². The first-order valence-corrected chi connectivity index (χ1v) is 5.29. The summed E-state index contributed by atoms with van der Waals surface area (Å²) in [4.78, 5) is 4.28. The molecule has 1 heterocycles. The zero-order chi connectivity index (χ0) is 11.4. The monoisotopic (exact) mass is 217 g/mol. The third kappa shape index (κ3) is 2.67. The summed E-state index contributed by atoms with van der Waals surface area (Å²) < 4.78 is 5.16. The maximum absolute atomic E-state index is 5.16. The number of benzene rings is 1. The van der Waals surface area contributed by atoms with Gasteiger partial charge in [0.05, 0.1) is 13.0 Å². The van der Waals surface area contributed by atoms with E-state index in [1.807, 2.05) is 13.1 Å². The van der Waals surface area contributed by atoms with Crippen LogP contribution in [0.15, 0.2) is 28.8 Å². The quantitative estimate of drug-likeness (QED) is 0.846. The summed E-state index contributed by atoms with van der Waals surface area (Å²) in [7, 11) is 1.86. The first kappa shape index (κ1) is 10.8. The Balaban J connectivity index is 2.08. The third-order valence-corrected chi connectivity index (χ3v) is 2.28. The lowest BCUT2D eigenvalue weighted by Crippen LogP contribution is -2.06. The smallest absolute Gasteiger partial charge is 0.231 e. The Kier molecular flexibility index (Phi) is 3.31. The van der Waals surface area contributed by atoms with E-state index in [1.54, 1.807) is 0 Å². The number of aromatic nitrogens is 2. The van der Waals surface area contributed by atoms with E-state index in [9.17, 15) is 0 Å². The topological polar surface area (TPSA) is 51.0 Å². The molecule has 0 aliphatic rings. The van der Waals surface area contributed by atoms with Crippen molar-refractivity contribution in [3.05, 3.63) is 47.1 Å². The van der Waals surface area contributed by atoms with Crippen molar-refractivity contribution in [3.8, 4) is 0 Å². The fourth-order valence-corrected chi connectivity index (χ4v) is 1.59. The summed E-state index contributed by atoms with van der Waals surface area (Å²) in [5.74, 6) is 1.36. The van der Waals surface area contributed by atoms with Crippen LogP contribution >= 0.6 is 0 Å². The van der Waals surface area contributed by atoms with E-state index in [4.69, 9.17) is 4.52 Å². The molecule has 0 bridgehead atoms. The predicted octanol–water partition coefficient (Wildman–Crippen LogP) is 1.69. The normalized spacial score (nSPS) is 10.6. The lowest BCUT2D eigenvalue weighted by molar-refractivity contribution is 0.378. The zero-order valence-corrected chi connectivity index (χ0v) is 9.53. The SMILES string of the molecule is CNCc1noc(Cc2cccc(C)c2)n1. The molecule has 0 amide bonds. The molecule has 0 unspecified atom stereocenters. The van der Waals surface area contributed by atoms with E-state index in [1.165, 1.54) is 11.1 Å². The number of hydrogen-bond acceptors (Lipinski definition) is 4. The number of rotatable bonds is 4. The van der Waals surface area contributed by atoms with Gasteiger partial charge in [-0.3, -0.25) is 0 Å². The summed E-state index contributed by atoms with van der Waals surface area (Å²) in [5.41, 5.74) is 2.44. The van der Waals surface area contributed by atoms with Crippen LogP contribution in [0, 0.1) is 6.92 Å². The van der Waals surface area contributed by atoms with Crippen LogP contribution in [0.4, 0.5) is 0 Å². The first-order valence-electron chi connectivity index (χ1n) is 5.29. The maximum Gasteiger partial charge on any atom is 0.231 e. The summed E-state index contributed by atoms with van der Waals surface area (Å²) in [5, 5.41) is 6.86. The van der Waals surface area contributed by atoms with Gasteiger partial charge in [-0.05, 0) is 19.5 Å². The average molecular weight is 217 g/mol. The Bertz CT molecular complexity index is 465. The molecular formula is C12H15N3O. The Morgan fingerprint density at radius 3 is 3.00 bits per heavy atom. The molecule has 0 radical (unpaired) electrons. The molecule has 1 aromatic heterocycles. The Hall–Kier alpha value is -1.68. The van der Waals surface area contributed by atoms with Crippen LogP contribution in [0.25, 0.3) is 0 Å². The summed E-state index contributed by atoms with van der Waals surface area (Å²) in [6, 6.07) is 8.30. The molecule has 84 valence electrons. The second-order valence-corrected chi connectivity index (χ2v) is 3.80. The Labute approximate surface area is 94.7 Å². The molecule has 0 atom stereocenters. The molecule has 0 saturated heterocycles. The molecule has 0 aliphatic carbocycles. The second kappa shape index (κ2) is 4.90. The highest BCUT2D eigenvalue weighted by atomic mass is 16.5. The summed E-state index contributed by atoms with van der Waals surface area (Å²) in [6.07, 6.45) is 0.693. The first-order chi connectivity index (χ1) is 7.78. The number of aryl methyl sites for hydroxylation is 1. The largest absolute Gasteiger partial charge is 0.339 e. The maximum atomic E-state index is 5.16. The van der Waals surface area contributed by atoms with Gasteiger partial charge in [-0.25, -0.2) is 0 Å². The van der Waals surface area contributed by atoms with Crippen LogP contribution in [-0.4, -0.2) is 17.2 Å². The van der Waals surface area contributed by atoms with Crippen molar-refractivity contribution in [3.63, 3.8) is 0 Å². The highest BCUT2D eigenvalue weighted by Crippen LogP contribution is 2.09. The average Bonchev–Trinajstić information content (AvgIpc) is 2.66. The van der Waals surface area contributed by atoms with Gasteiger partial charge in [0, 0.05) is 0 Å². The molecular weight excluding hydrogens is 202 g/mol. The van der Waals surface area contributed by atoms with Crippen molar-refractivity contribution in [1.29, 1.82) is 0 Å². The molecule has 0 aliphatic heterocycles. The predicted molar refractivity (Wildman–Crippen MR) is 61.0 cm³/mol. The van der Waals surface area contributed by atoms with Gasteiger partial charge >= 0.3 is 0 Å². The van der Waals surface area contributed by atoms with Crippen molar-refractivity contribution in [1.82, 2.24) is 15.5 Å². The number of nitrogens with one attached hydrogen (secondary N) is 1. The zero-order valence-electron chi connectivity index (χ0n) is 9.53. The molecule has 2 aromatic rings. The molecule has 0 saturated carbocycles. The van der Waals surface area contributed by atoms with Crippen LogP contribution in [0.2, 0.25) is 0 Å². The molecule has 0 fully saturated rings. The summed E-state index contributed by atoms with van der Waals surface area (Å²) in [6.45, 7) is 2.71. The molecule has 16 heavy (non-hydrogen) atoms. The van der Waals surface area contributed by atoms with Crippen molar-refractivity contribution >= 4 is 0 Å². The Morgan fingerprint density at radius 2 is 2.25 bits per heavy atom. The molecule has 1 N–H and O–H groups in total. The van der Waals surface area contributed by atoms with Gasteiger partial charge in [-0.15, -0.1) is 0 Å². The van der Waals surface area contributed by atoms with E-state index in [-0.39, 0.29) is 0 Å². The van der Waals surface area contributed by atoms with Crippen molar-refractivity contribution in [2.45, 2.75) is 19.9 Å². The molecule has 4 nitrogen and oxygen atoms in total. The minimum absolute atomic E-state index is 0.636. The van der Waals surface area contributed by atoms with Gasteiger partial charge in [0.15, 0.2) is 5.82 Å². The minimum atomic E-state index is 0.636. The van der Waals surface area contributed by atoms with E-state index < -0.39 is 0 Å². The lowest BCUT2D eigenvalue weighted by atomic mass is 10.1. The van der Waals surface area contributed by atoms with Gasteiger partial charge in [0.1, 0.15) is 0 Å². The van der Waals surface area contributed by atoms with Crippen LogP contribution in [0.3, 0.4) is 0 Å². The van der Waals surface area contributed by atoms with Crippen molar-refractivity contribution < 1.29 is 4.52 Å². The van der Waals surface area contributed by atoms with Crippen molar-refractivity contribution in [2.75, 3.05) is 7.05 Å². The van der Waals surface area contributed by atoms with Crippen LogP contribution in [0.1, 0.15) is 22.8 Å². The van der Waals surface area contributed by atoms with Gasteiger partial charge in [-0.2, -0.15) is 4.98 Å².